The zero-order valence-electron chi connectivity index (χ0n) is 16.4. The lowest BCUT2D eigenvalue weighted by Gasteiger charge is -2.08. The molecule has 0 fully saturated rings. The second kappa shape index (κ2) is 8.75. The second-order valence-corrected chi connectivity index (χ2v) is 6.31. The van der Waals surface area contributed by atoms with E-state index in [0.29, 0.717) is 5.69 Å². The van der Waals surface area contributed by atoms with E-state index in [1.807, 2.05) is 6.07 Å². The van der Waals surface area contributed by atoms with E-state index in [9.17, 15) is 25.0 Å². The minimum absolute atomic E-state index is 0.0307. The molecule has 11 heteroatoms. The van der Waals surface area contributed by atoms with Gasteiger partial charge in [-0.2, -0.15) is 5.26 Å². The summed E-state index contributed by atoms with van der Waals surface area (Å²) in [5.41, 5.74) is 0.838. The summed E-state index contributed by atoms with van der Waals surface area (Å²) < 4.78 is 6.52. The van der Waals surface area contributed by atoms with Gasteiger partial charge in [-0.05, 0) is 30.3 Å². The summed E-state index contributed by atoms with van der Waals surface area (Å²) in [5.74, 6) is -0.753. The average Bonchev–Trinajstić information content (AvgIpc) is 3.15. The quantitative estimate of drug-likeness (QED) is 0.459. The van der Waals surface area contributed by atoms with Crippen LogP contribution in [0.15, 0.2) is 48.7 Å². The minimum Gasteiger partial charge on any atom is -0.479 e. The maximum absolute atomic E-state index is 12.5. The van der Waals surface area contributed by atoms with Gasteiger partial charge < -0.3 is 15.4 Å². The van der Waals surface area contributed by atoms with Crippen LogP contribution in [0, 0.1) is 21.4 Å². The Kier molecular flexibility index (Phi) is 5.92. The van der Waals surface area contributed by atoms with Crippen LogP contribution in [0.1, 0.15) is 26.3 Å². The second-order valence-electron chi connectivity index (χ2n) is 6.31. The first-order valence-electron chi connectivity index (χ1n) is 8.81. The number of aromatic nitrogens is 2. The third-order valence-corrected chi connectivity index (χ3v) is 4.22. The number of aryl methyl sites for hydroxylation is 1. The SMILES string of the molecule is COc1nn(C)cc1C(=O)Nc1ccc(C(=O)Nc2ccc([N+](=O)[O-])cc2C#N)cc1. The highest BCUT2D eigenvalue weighted by Crippen LogP contribution is 2.22. The first-order chi connectivity index (χ1) is 14.8. The fourth-order valence-electron chi connectivity index (χ4n) is 2.72. The molecule has 0 radical (unpaired) electrons. The molecule has 3 aromatic rings. The molecule has 1 heterocycles. The summed E-state index contributed by atoms with van der Waals surface area (Å²) in [7, 11) is 3.07. The van der Waals surface area contributed by atoms with Crippen molar-refractivity contribution in [1.82, 2.24) is 9.78 Å². The number of nitrogens with one attached hydrogen (secondary N) is 2. The van der Waals surface area contributed by atoms with E-state index in [0.717, 1.165) is 6.07 Å². The third-order valence-electron chi connectivity index (χ3n) is 4.22. The molecule has 2 N–H and O–H groups in total. The number of carbonyl (C=O) groups is 2. The van der Waals surface area contributed by atoms with Crippen molar-refractivity contribution in [3.63, 3.8) is 0 Å². The number of non-ortho nitro benzene ring substituents is 1. The van der Waals surface area contributed by atoms with Gasteiger partial charge in [0.05, 0.1) is 23.3 Å². The smallest absolute Gasteiger partial charge is 0.270 e. The number of nitro benzene ring substituents is 1. The molecule has 0 atom stereocenters. The number of carbonyl (C=O) groups excluding carboxylic acids is 2. The molecule has 0 aliphatic rings. The van der Waals surface area contributed by atoms with Crippen molar-refractivity contribution in [3.8, 4) is 11.9 Å². The van der Waals surface area contributed by atoms with Gasteiger partial charge in [0.25, 0.3) is 17.5 Å². The van der Waals surface area contributed by atoms with E-state index in [1.165, 1.54) is 54.4 Å². The number of anilines is 2. The van der Waals surface area contributed by atoms with Crippen LogP contribution in [0.4, 0.5) is 17.1 Å². The molecule has 2 amide bonds. The van der Waals surface area contributed by atoms with Crippen LogP contribution in [-0.2, 0) is 7.05 Å². The summed E-state index contributed by atoms with van der Waals surface area (Å²) >= 11 is 0. The number of ether oxygens (including phenoxy) is 1. The van der Waals surface area contributed by atoms with Gasteiger partial charge in [-0.25, -0.2) is 0 Å². The van der Waals surface area contributed by atoms with Crippen molar-refractivity contribution < 1.29 is 19.2 Å². The summed E-state index contributed by atoms with van der Waals surface area (Å²) in [4.78, 5) is 35.1. The fraction of sp³-hybridized carbons (Fsp3) is 0.100. The fourth-order valence-corrected chi connectivity index (χ4v) is 2.72. The monoisotopic (exact) mass is 420 g/mol. The van der Waals surface area contributed by atoms with Crippen molar-refractivity contribution in [2.45, 2.75) is 0 Å². The van der Waals surface area contributed by atoms with Crippen LogP contribution >= 0.6 is 0 Å². The zero-order chi connectivity index (χ0) is 22.5. The van der Waals surface area contributed by atoms with Gasteiger partial charge >= 0.3 is 0 Å². The molecule has 31 heavy (non-hydrogen) atoms. The highest BCUT2D eigenvalue weighted by atomic mass is 16.6. The molecule has 3 rings (SSSR count). The molecule has 1 aromatic heterocycles. The molecular formula is C20H16N6O5. The summed E-state index contributed by atoms with van der Waals surface area (Å²) in [6.45, 7) is 0. The lowest BCUT2D eigenvalue weighted by atomic mass is 10.1. The predicted molar refractivity (Wildman–Crippen MR) is 110 cm³/mol. The topological polar surface area (TPSA) is 152 Å². The Balaban J connectivity index is 1.71. The first-order valence-corrected chi connectivity index (χ1v) is 8.81. The number of rotatable bonds is 6. The number of hydrogen-bond donors (Lipinski definition) is 2. The molecular weight excluding hydrogens is 404 g/mol. The third kappa shape index (κ3) is 4.65. The Labute approximate surface area is 176 Å². The zero-order valence-corrected chi connectivity index (χ0v) is 16.4. The number of methoxy groups -OCH3 is 1. The molecule has 2 aromatic carbocycles. The largest absolute Gasteiger partial charge is 0.479 e. The Morgan fingerprint density at radius 2 is 1.87 bits per heavy atom. The normalized spacial score (nSPS) is 10.1. The van der Waals surface area contributed by atoms with Crippen molar-refractivity contribution in [2.75, 3.05) is 17.7 Å². The Hall–Kier alpha value is -4.72. The number of nitrogens with zero attached hydrogens (tertiary/aromatic N) is 4. The first kappa shape index (κ1) is 21.0. The van der Waals surface area contributed by atoms with E-state index in [1.54, 1.807) is 7.05 Å². The van der Waals surface area contributed by atoms with Gasteiger partial charge in [0, 0.05) is 36.6 Å². The molecule has 11 nitrogen and oxygen atoms in total. The van der Waals surface area contributed by atoms with E-state index in [2.05, 4.69) is 15.7 Å². The van der Waals surface area contributed by atoms with Crippen LogP contribution in [0.25, 0.3) is 0 Å². The highest BCUT2D eigenvalue weighted by Gasteiger charge is 2.17. The minimum atomic E-state index is -0.624. The number of nitriles is 1. The maximum atomic E-state index is 12.5. The van der Waals surface area contributed by atoms with Crippen molar-refractivity contribution >= 4 is 28.9 Å². The standard InChI is InChI=1S/C20H16N6O5/c1-25-11-16(20(24-25)31-2)19(28)22-14-5-3-12(4-6-14)18(27)23-17-8-7-15(26(29)30)9-13(17)10-21/h3-9,11H,1-2H3,(H,22,28)(H,23,27). The van der Waals surface area contributed by atoms with Crippen LogP contribution in [0.2, 0.25) is 0 Å². The Morgan fingerprint density at radius 3 is 2.48 bits per heavy atom. The van der Waals surface area contributed by atoms with Crippen LogP contribution in [0.3, 0.4) is 0 Å². The number of amides is 2. The predicted octanol–water partition coefficient (Wildman–Crippen LogP) is 2.71. The van der Waals surface area contributed by atoms with Gasteiger partial charge in [0.1, 0.15) is 11.6 Å². The molecule has 0 saturated heterocycles. The van der Waals surface area contributed by atoms with E-state index < -0.39 is 16.7 Å². The average molecular weight is 420 g/mol. The maximum Gasteiger partial charge on any atom is 0.270 e. The number of benzene rings is 2. The number of hydrogen-bond acceptors (Lipinski definition) is 7. The molecule has 0 aliphatic carbocycles. The van der Waals surface area contributed by atoms with E-state index in [4.69, 9.17) is 4.74 Å². The van der Waals surface area contributed by atoms with Gasteiger partial charge in [-0.3, -0.25) is 24.4 Å². The molecule has 0 spiro atoms. The van der Waals surface area contributed by atoms with Crippen molar-refractivity contribution in [1.29, 1.82) is 5.26 Å². The summed E-state index contributed by atoms with van der Waals surface area (Å²) in [6, 6.07) is 11.5. The van der Waals surface area contributed by atoms with Crippen molar-refractivity contribution in [3.05, 3.63) is 75.5 Å². The molecule has 0 unspecified atom stereocenters. The Morgan fingerprint density at radius 1 is 1.16 bits per heavy atom. The molecule has 156 valence electrons. The lowest BCUT2D eigenvalue weighted by Crippen LogP contribution is -2.14. The Bertz CT molecular complexity index is 1210. The highest BCUT2D eigenvalue weighted by molar-refractivity contribution is 6.07. The lowest BCUT2D eigenvalue weighted by molar-refractivity contribution is -0.384. The van der Waals surface area contributed by atoms with Gasteiger partial charge in [0.15, 0.2) is 0 Å². The van der Waals surface area contributed by atoms with Crippen LogP contribution in [0.5, 0.6) is 5.88 Å². The van der Waals surface area contributed by atoms with E-state index in [-0.39, 0.29) is 33.9 Å². The van der Waals surface area contributed by atoms with Crippen LogP contribution in [-0.4, -0.2) is 33.6 Å². The summed E-state index contributed by atoms with van der Waals surface area (Å²) in [6.07, 6.45) is 1.52. The summed E-state index contributed by atoms with van der Waals surface area (Å²) in [5, 5.41) is 29.3. The van der Waals surface area contributed by atoms with E-state index >= 15 is 0 Å². The van der Waals surface area contributed by atoms with Gasteiger partial charge in [-0.1, -0.05) is 0 Å². The number of nitro groups is 1. The van der Waals surface area contributed by atoms with Crippen LogP contribution < -0.4 is 15.4 Å². The molecule has 0 saturated carbocycles. The molecule has 0 aliphatic heterocycles. The van der Waals surface area contributed by atoms with Gasteiger partial charge in [0.2, 0.25) is 5.88 Å². The van der Waals surface area contributed by atoms with Gasteiger partial charge in [-0.15, -0.1) is 5.10 Å². The van der Waals surface area contributed by atoms with Crippen molar-refractivity contribution in [2.24, 2.45) is 7.05 Å². The molecule has 0 bridgehead atoms.